The Morgan fingerprint density at radius 3 is 2.39 bits per heavy atom. The molecule has 1 saturated carbocycles. The molecule has 0 spiro atoms. The van der Waals surface area contributed by atoms with Crippen LogP contribution in [0.1, 0.15) is 30.9 Å². The summed E-state index contributed by atoms with van der Waals surface area (Å²) in [6.45, 7) is 1.35. The topological polar surface area (TPSA) is 97.8 Å². The normalized spacial score (nSPS) is 14.7. The van der Waals surface area contributed by atoms with Crippen LogP contribution in [-0.2, 0) is 9.59 Å². The summed E-state index contributed by atoms with van der Waals surface area (Å²) < 4.78 is 27.2. The third kappa shape index (κ3) is 3.83. The number of nitrogen functional groups attached to an aromatic ring is 1. The largest absolute Gasteiger partial charge is 0.398 e. The van der Waals surface area contributed by atoms with E-state index in [1.54, 1.807) is 24.3 Å². The van der Waals surface area contributed by atoms with Gasteiger partial charge in [0.15, 0.2) is 0 Å². The summed E-state index contributed by atoms with van der Waals surface area (Å²) in [7, 11) is 0. The minimum absolute atomic E-state index is 0.0974. The van der Waals surface area contributed by atoms with Gasteiger partial charge >= 0.3 is 0 Å². The van der Waals surface area contributed by atoms with Crippen molar-refractivity contribution in [3.05, 3.63) is 65.2 Å². The number of ketones is 1. The van der Waals surface area contributed by atoms with Crippen molar-refractivity contribution >= 4 is 34.9 Å². The van der Waals surface area contributed by atoms with Crippen molar-refractivity contribution in [2.24, 2.45) is 5.41 Å². The van der Waals surface area contributed by atoms with Gasteiger partial charge in [-0.25, -0.2) is 8.78 Å². The zero-order valence-corrected chi connectivity index (χ0v) is 15.3. The second kappa shape index (κ2) is 7.34. The summed E-state index contributed by atoms with van der Waals surface area (Å²) in [5.41, 5.74) is 6.10. The highest BCUT2D eigenvalue weighted by atomic mass is 19.1. The number of anilines is 2. The predicted molar refractivity (Wildman–Crippen MR) is 103 cm³/mol. The fourth-order valence-electron chi connectivity index (χ4n) is 2.89. The van der Waals surface area contributed by atoms with E-state index in [0.717, 1.165) is 11.6 Å². The Labute approximate surface area is 160 Å². The number of carbonyl (C=O) groups excluding carboxylic acids is 2. The van der Waals surface area contributed by atoms with Gasteiger partial charge in [-0.2, -0.15) is 0 Å². The predicted octanol–water partition coefficient (Wildman–Crippen LogP) is 2.12. The van der Waals surface area contributed by atoms with Gasteiger partial charge in [0.2, 0.25) is 11.6 Å². The van der Waals surface area contributed by atoms with Crippen LogP contribution in [0.2, 0.25) is 0 Å². The maximum Gasteiger partial charge on any atom is 0.238 e. The Bertz CT molecular complexity index is 993. The van der Waals surface area contributed by atoms with Gasteiger partial charge in [0.05, 0.1) is 11.3 Å². The highest BCUT2D eigenvalue weighted by Crippen LogP contribution is 2.47. The molecule has 0 radical (unpaired) electrons. The minimum atomic E-state index is -1.06. The van der Waals surface area contributed by atoms with Crippen molar-refractivity contribution in [2.75, 3.05) is 11.1 Å². The third-order valence-corrected chi connectivity index (χ3v) is 4.88. The molecule has 0 unspecified atom stereocenters. The van der Waals surface area contributed by atoms with Crippen molar-refractivity contribution in [1.29, 1.82) is 0 Å². The number of Topliss-reactive ketones (excluding diaryl/α,β-unsaturated/α-hetero) is 1. The molecule has 5 N–H and O–H groups in total. The molecule has 5 nitrogen and oxygen atoms in total. The van der Waals surface area contributed by atoms with Crippen molar-refractivity contribution in [3.63, 3.8) is 0 Å². The fraction of sp³-hybridized carbons (Fsp3) is 0.190. The van der Waals surface area contributed by atoms with Gasteiger partial charge in [-0.3, -0.25) is 15.0 Å². The van der Waals surface area contributed by atoms with Crippen LogP contribution in [0.3, 0.4) is 0 Å². The lowest BCUT2D eigenvalue weighted by atomic mass is 10.0. The van der Waals surface area contributed by atoms with Gasteiger partial charge in [-0.1, -0.05) is 12.1 Å². The van der Waals surface area contributed by atoms with E-state index in [1.807, 2.05) is 0 Å². The molecule has 0 saturated heterocycles. The van der Waals surface area contributed by atoms with Crippen LogP contribution in [-0.4, -0.2) is 17.4 Å². The first-order chi connectivity index (χ1) is 13.2. The number of allylic oxidation sites excluding steroid dienone is 1. The Kier molecular flexibility index (Phi) is 5.09. The minimum Gasteiger partial charge on any atom is -0.398 e. The molecule has 1 aliphatic rings. The Morgan fingerprint density at radius 2 is 1.82 bits per heavy atom. The lowest BCUT2D eigenvalue weighted by molar-refractivity contribution is -0.131. The summed E-state index contributed by atoms with van der Waals surface area (Å²) in [6, 6.07) is 8.20. The standard InChI is InChI=1S/C21H19F2N3O2/c1-12(27)21(8-9-21)20(28)26-19-10-15(18(25)11-16(19)23)17(24)7-4-13-2-5-14(22)6-3-13/h2-7,10-11,24H,8-9,25H2,1H3,(H,26,28)/p+1/b7-4+,24-17?. The first-order valence-electron chi connectivity index (χ1n) is 8.71. The number of amides is 1. The molecule has 7 heteroatoms. The van der Waals surface area contributed by atoms with Gasteiger partial charge in [-0.15, -0.1) is 0 Å². The first-order valence-corrected chi connectivity index (χ1v) is 8.71. The van der Waals surface area contributed by atoms with Crippen LogP contribution in [0.25, 0.3) is 6.08 Å². The molecule has 144 valence electrons. The van der Waals surface area contributed by atoms with Crippen LogP contribution < -0.4 is 16.5 Å². The average molecular weight is 384 g/mol. The molecule has 0 aliphatic heterocycles. The monoisotopic (exact) mass is 384 g/mol. The number of benzene rings is 2. The molecular weight excluding hydrogens is 364 g/mol. The van der Waals surface area contributed by atoms with Crippen molar-refractivity contribution in [3.8, 4) is 0 Å². The maximum atomic E-state index is 14.3. The first kappa shape index (κ1) is 19.4. The molecule has 0 aromatic heterocycles. The lowest BCUT2D eigenvalue weighted by Gasteiger charge is -2.14. The molecule has 0 atom stereocenters. The summed E-state index contributed by atoms with van der Waals surface area (Å²) in [5, 5.41) is 8.53. The Balaban J connectivity index is 1.82. The number of halogens is 2. The van der Waals surface area contributed by atoms with Gasteiger partial charge in [0.25, 0.3) is 0 Å². The van der Waals surface area contributed by atoms with Crippen molar-refractivity contribution in [2.45, 2.75) is 19.8 Å². The lowest BCUT2D eigenvalue weighted by Crippen LogP contribution is -2.39. The third-order valence-electron chi connectivity index (χ3n) is 4.88. The Hall–Kier alpha value is -3.35. The molecule has 1 amide bonds. The molecule has 2 aromatic rings. The Morgan fingerprint density at radius 1 is 1.18 bits per heavy atom. The molecular formula is C21H20F2N3O2+. The summed E-state index contributed by atoms with van der Waals surface area (Å²) in [4.78, 5) is 24.1. The second-order valence-electron chi connectivity index (χ2n) is 6.85. The molecule has 28 heavy (non-hydrogen) atoms. The second-order valence-corrected chi connectivity index (χ2v) is 6.85. The molecule has 1 aliphatic carbocycles. The SMILES string of the molecule is CC(=O)C1(C(=O)Nc2cc(C(=[NH2+])/C=C/c3ccc(F)cc3)c(N)cc2F)CC1. The van der Waals surface area contributed by atoms with Crippen LogP contribution in [0.4, 0.5) is 20.2 Å². The van der Waals surface area contributed by atoms with Gasteiger partial charge in [-0.05, 0) is 55.7 Å². The van der Waals surface area contributed by atoms with Crippen molar-refractivity contribution in [1.82, 2.24) is 0 Å². The maximum absolute atomic E-state index is 14.3. The van der Waals surface area contributed by atoms with Crippen LogP contribution in [0.5, 0.6) is 0 Å². The van der Waals surface area contributed by atoms with Crippen LogP contribution >= 0.6 is 0 Å². The summed E-state index contributed by atoms with van der Waals surface area (Å²) >= 11 is 0. The average Bonchev–Trinajstić information content (AvgIpc) is 3.45. The highest BCUT2D eigenvalue weighted by molar-refractivity contribution is 6.14. The summed E-state index contributed by atoms with van der Waals surface area (Å²) in [5.74, 6) is -1.84. The number of hydrogen-bond donors (Lipinski definition) is 3. The van der Waals surface area contributed by atoms with E-state index in [1.165, 1.54) is 25.1 Å². The highest BCUT2D eigenvalue weighted by Gasteiger charge is 2.54. The molecule has 3 rings (SSSR count). The van der Waals surface area contributed by atoms with Gasteiger partial charge in [0.1, 0.15) is 22.8 Å². The van der Waals surface area contributed by atoms with E-state index in [2.05, 4.69) is 5.32 Å². The van der Waals surface area contributed by atoms with Crippen molar-refractivity contribution < 1.29 is 23.8 Å². The summed E-state index contributed by atoms with van der Waals surface area (Å²) in [6.07, 6.45) is 4.11. The molecule has 0 bridgehead atoms. The quantitative estimate of drug-likeness (QED) is 0.404. The number of carbonyl (C=O) groups is 2. The number of hydrogen-bond acceptors (Lipinski definition) is 3. The van der Waals surface area contributed by atoms with Gasteiger partial charge in [0, 0.05) is 11.8 Å². The zero-order valence-electron chi connectivity index (χ0n) is 15.3. The van der Waals surface area contributed by atoms with E-state index >= 15 is 0 Å². The molecule has 0 heterocycles. The van der Waals surface area contributed by atoms with E-state index in [0.29, 0.717) is 18.4 Å². The number of nitrogens with one attached hydrogen (secondary N) is 1. The molecule has 2 aromatic carbocycles. The molecule has 1 fully saturated rings. The van der Waals surface area contributed by atoms with E-state index in [4.69, 9.17) is 11.1 Å². The van der Waals surface area contributed by atoms with Gasteiger partial charge < -0.3 is 11.1 Å². The fourth-order valence-corrected chi connectivity index (χ4v) is 2.89. The van der Waals surface area contributed by atoms with Crippen LogP contribution in [0, 0.1) is 17.0 Å². The zero-order chi connectivity index (χ0) is 20.5. The number of nitrogens with two attached hydrogens (primary N) is 2. The van der Waals surface area contributed by atoms with E-state index in [-0.39, 0.29) is 28.7 Å². The van der Waals surface area contributed by atoms with Crippen LogP contribution in [0.15, 0.2) is 42.5 Å². The van der Waals surface area contributed by atoms with E-state index in [9.17, 15) is 18.4 Å². The number of rotatable bonds is 6. The van der Waals surface area contributed by atoms with E-state index < -0.39 is 17.1 Å². The smallest absolute Gasteiger partial charge is 0.238 e.